The maximum Gasteiger partial charge on any atom is 0.517 e. The average Bonchev–Trinajstić information content (AvgIpc) is 2.94. The molecule has 25 heavy (non-hydrogen) atoms. The summed E-state index contributed by atoms with van der Waals surface area (Å²) in [5, 5.41) is 5.45. The summed E-state index contributed by atoms with van der Waals surface area (Å²) in [4.78, 5) is 34.5. The minimum Gasteiger partial charge on any atom is -0.414 e. The number of carbonyl (C=O) groups excluding carboxylic acids is 2. The normalized spacial score (nSPS) is 21.2. The lowest BCUT2D eigenvalue weighted by atomic mass is 10.2. The Morgan fingerprint density at radius 3 is 2.88 bits per heavy atom. The van der Waals surface area contributed by atoms with Crippen LogP contribution < -0.4 is 11.1 Å². The number of anilines is 1. The third kappa shape index (κ3) is 3.72. The first kappa shape index (κ1) is 17.6. The number of nitrogens with two attached hydrogens (primary N) is 1. The summed E-state index contributed by atoms with van der Waals surface area (Å²) in [6.45, 7) is 6.40. The molecule has 1 aliphatic rings. The Labute approximate surface area is 149 Å². The Morgan fingerprint density at radius 1 is 1.44 bits per heavy atom. The van der Waals surface area contributed by atoms with Crippen molar-refractivity contribution in [2.75, 3.05) is 25.4 Å². The minimum absolute atomic E-state index is 0.000651. The summed E-state index contributed by atoms with van der Waals surface area (Å²) in [7, 11) is 0. The molecule has 134 valence electrons. The number of fused-ring (bicyclic) bond motifs is 1. The van der Waals surface area contributed by atoms with E-state index in [9.17, 15) is 9.59 Å². The van der Waals surface area contributed by atoms with Crippen LogP contribution in [0.5, 0.6) is 0 Å². The van der Waals surface area contributed by atoms with Gasteiger partial charge in [-0.3, -0.25) is 4.79 Å². The second kappa shape index (κ2) is 6.23. The van der Waals surface area contributed by atoms with Crippen LogP contribution in [0.2, 0.25) is 0 Å². The van der Waals surface area contributed by atoms with E-state index < -0.39 is 11.7 Å². The van der Waals surface area contributed by atoms with Gasteiger partial charge in [-0.25, -0.2) is 14.5 Å². The average molecular weight is 364 g/mol. The summed E-state index contributed by atoms with van der Waals surface area (Å²) in [6, 6.07) is 1.87. The molecule has 2 amide bonds. The molecule has 0 radical (unpaired) electrons. The molecule has 8 nitrogen and oxygen atoms in total. The van der Waals surface area contributed by atoms with Gasteiger partial charge in [0.25, 0.3) is 5.91 Å². The summed E-state index contributed by atoms with van der Waals surface area (Å²) in [6.07, 6.45) is -0.448. The number of aromatic nitrogens is 2. The molecule has 0 spiro atoms. The summed E-state index contributed by atoms with van der Waals surface area (Å²) < 4.78 is 5.41. The van der Waals surface area contributed by atoms with Gasteiger partial charge in [0.05, 0.1) is 11.9 Å². The van der Waals surface area contributed by atoms with Gasteiger partial charge in [0, 0.05) is 0 Å². The van der Waals surface area contributed by atoms with E-state index in [0.29, 0.717) is 24.7 Å². The Bertz CT molecular complexity index is 829. The van der Waals surface area contributed by atoms with Crippen molar-refractivity contribution < 1.29 is 18.8 Å². The zero-order valence-electron chi connectivity index (χ0n) is 14.5. The smallest absolute Gasteiger partial charge is 0.414 e. The second-order valence-corrected chi connectivity index (χ2v) is 8.07. The zero-order chi connectivity index (χ0) is 18.2. The van der Waals surface area contributed by atoms with E-state index in [1.165, 1.54) is 11.3 Å². The highest BCUT2D eigenvalue weighted by atomic mass is 32.1. The maximum atomic E-state index is 12.9. The lowest BCUT2D eigenvalue weighted by molar-refractivity contribution is -0.866. The molecular weight excluding hydrogens is 342 g/mol. The SMILES string of the molecule is CC(C)(C)OC(=O)[N+]1(Cc2nc(N)c3ccsc3n2)CCNC(=O)C1. The van der Waals surface area contributed by atoms with Gasteiger partial charge in [0.1, 0.15) is 29.3 Å². The van der Waals surface area contributed by atoms with Gasteiger partial charge in [-0.1, -0.05) is 0 Å². The van der Waals surface area contributed by atoms with E-state index in [4.69, 9.17) is 10.5 Å². The molecule has 3 rings (SSSR count). The highest BCUT2D eigenvalue weighted by molar-refractivity contribution is 7.16. The molecule has 0 bridgehead atoms. The number of rotatable bonds is 2. The maximum absolute atomic E-state index is 12.9. The van der Waals surface area contributed by atoms with Crippen molar-refractivity contribution in [3.05, 3.63) is 17.3 Å². The third-order valence-corrected chi connectivity index (χ3v) is 4.74. The predicted molar refractivity (Wildman–Crippen MR) is 94.8 cm³/mol. The number of amides is 2. The fourth-order valence-corrected chi connectivity index (χ4v) is 3.59. The monoisotopic (exact) mass is 364 g/mol. The van der Waals surface area contributed by atoms with Gasteiger partial charge in [-0.05, 0) is 32.2 Å². The Morgan fingerprint density at radius 2 is 2.20 bits per heavy atom. The van der Waals surface area contributed by atoms with Crippen LogP contribution in [0.25, 0.3) is 10.2 Å². The number of ether oxygens (including phenoxy) is 1. The van der Waals surface area contributed by atoms with Crippen LogP contribution in [-0.4, -0.2) is 51.7 Å². The number of piperazine rings is 1. The minimum atomic E-state index is -0.645. The van der Waals surface area contributed by atoms with Crippen LogP contribution in [0.4, 0.5) is 10.6 Å². The molecule has 0 aromatic carbocycles. The second-order valence-electron chi connectivity index (χ2n) is 7.18. The zero-order valence-corrected chi connectivity index (χ0v) is 15.4. The quantitative estimate of drug-likeness (QED) is 0.785. The van der Waals surface area contributed by atoms with E-state index >= 15 is 0 Å². The number of nitrogen functional groups attached to an aromatic ring is 1. The van der Waals surface area contributed by atoms with Gasteiger partial charge < -0.3 is 15.8 Å². The van der Waals surface area contributed by atoms with Crippen LogP contribution in [-0.2, 0) is 16.1 Å². The topological polar surface area (TPSA) is 107 Å². The number of thiophene rings is 1. The lowest BCUT2D eigenvalue weighted by Gasteiger charge is -2.37. The van der Waals surface area contributed by atoms with Crippen molar-refractivity contribution in [2.45, 2.75) is 32.9 Å². The van der Waals surface area contributed by atoms with E-state index in [0.717, 1.165) is 10.2 Å². The Kier molecular flexibility index (Phi) is 4.38. The van der Waals surface area contributed by atoms with Gasteiger partial charge in [0.15, 0.2) is 12.4 Å². The van der Waals surface area contributed by atoms with Gasteiger partial charge in [-0.2, -0.15) is 4.79 Å². The van der Waals surface area contributed by atoms with Gasteiger partial charge >= 0.3 is 6.09 Å². The number of carbonyl (C=O) groups is 2. The molecule has 2 aromatic rings. The lowest BCUT2D eigenvalue weighted by Crippen LogP contribution is -2.64. The standard InChI is InChI=1S/C16H21N5O3S/c1-16(2,3)24-15(23)21(6-5-18-12(22)9-21)8-11-19-13(17)10-4-7-25-14(10)20-11/h4,7H,5-6,8-9H2,1-3H3,(H2-,17,18,19,20,22)/p+1. The molecule has 2 aromatic heterocycles. The highest BCUT2D eigenvalue weighted by Gasteiger charge is 2.45. The number of hydrogen-bond donors (Lipinski definition) is 2. The van der Waals surface area contributed by atoms with Crippen molar-refractivity contribution in [3.63, 3.8) is 0 Å². The Balaban J connectivity index is 1.96. The molecule has 3 N–H and O–H groups in total. The number of quaternary nitrogens is 1. The van der Waals surface area contributed by atoms with E-state index in [1.54, 1.807) is 20.8 Å². The molecule has 1 aliphatic heterocycles. The van der Waals surface area contributed by atoms with E-state index in [2.05, 4.69) is 15.3 Å². The Hall–Kier alpha value is -2.26. The largest absolute Gasteiger partial charge is 0.517 e. The summed E-state index contributed by atoms with van der Waals surface area (Å²) in [5.41, 5.74) is 5.36. The van der Waals surface area contributed by atoms with Crippen LogP contribution in [0.1, 0.15) is 26.6 Å². The number of nitrogens with one attached hydrogen (secondary N) is 1. The molecular formula is C16H22N5O3S+. The van der Waals surface area contributed by atoms with Crippen LogP contribution >= 0.6 is 11.3 Å². The van der Waals surface area contributed by atoms with Crippen LogP contribution in [0, 0.1) is 0 Å². The van der Waals surface area contributed by atoms with Crippen LogP contribution in [0.3, 0.4) is 0 Å². The molecule has 1 saturated heterocycles. The first-order valence-electron chi connectivity index (χ1n) is 8.04. The molecule has 1 atom stereocenters. The number of nitrogens with zero attached hydrogens (tertiary/aromatic N) is 3. The van der Waals surface area contributed by atoms with Crippen molar-refractivity contribution >= 4 is 39.4 Å². The highest BCUT2D eigenvalue weighted by Crippen LogP contribution is 2.26. The fraction of sp³-hybridized carbons (Fsp3) is 0.500. The summed E-state index contributed by atoms with van der Waals surface area (Å²) in [5.74, 6) is 0.625. The molecule has 9 heteroatoms. The predicted octanol–water partition coefficient (Wildman–Crippen LogP) is 1.66. The fourth-order valence-electron chi connectivity index (χ4n) is 2.80. The summed E-state index contributed by atoms with van der Waals surface area (Å²) >= 11 is 1.46. The third-order valence-electron chi connectivity index (χ3n) is 3.93. The van der Waals surface area contributed by atoms with Crippen molar-refractivity contribution in [1.82, 2.24) is 15.3 Å². The molecule has 0 aliphatic carbocycles. The van der Waals surface area contributed by atoms with Crippen molar-refractivity contribution in [3.8, 4) is 0 Å². The molecule has 3 heterocycles. The molecule has 1 unspecified atom stereocenters. The van der Waals surface area contributed by atoms with E-state index in [-0.39, 0.29) is 23.5 Å². The van der Waals surface area contributed by atoms with Crippen LogP contribution in [0.15, 0.2) is 11.4 Å². The van der Waals surface area contributed by atoms with Gasteiger partial charge in [0.2, 0.25) is 0 Å². The van der Waals surface area contributed by atoms with Crippen molar-refractivity contribution in [2.24, 2.45) is 0 Å². The molecule has 1 fully saturated rings. The first-order chi connectivity index (χ1) is 11.7. The number of hydrogen-bond acceptors (Lipinski definition) is 7. The van der Waals surface area contributed by atoms with Gasteiger partial charge in [-0.15, -0.1) is 11.3 Å². The van der Waals surface area contributed by atoms with Crippen molar-refractivity contribution in [1.29, 1.82) is 0 Å². The first-order valence-corrected chi connectivity index (χ1v) is 8.92. The van der Waals surface area contributed by atoms with E-state index in [1.807, 2.05) is 11.4 Å². The molecule has 0 saturated carbocycles.